The van der Waals surface area contributed by atoms with Gasteiger partial charge in [-0.15, -0.1) is 0 Å². The Labute approximate surface area is 49.2 Å². The standard InChI is InChI=1S/C6H11NO/c1-4-5-2-7-3-6(4)8-5/h4-7H,2-3H2,1H3. The molecular formula is C6H11NO. The van der Waals surface area contributed by atoms with Crippen molar-refractivity contribution < 1.29 is 4.74 Å². The fourth-order valence-corrected chi connectivity index (χ4v) is 1.46. The zero-order valence-electron chi connectivity index (χ0n) is 5.05. The minimum absolute atomic E-state index is 0.536. The number of ether oxygens (including phenoxy) is 1. The molecule has 3 heterocycles. The Balaban J connectivity index is 2.03. The van der Waals surface area contributed by atoms with Crippen LogP contribution in [-0.2, 0) is 4.74 Å². The molecule has 0 aromatic carbocycles. The first-order chi connectivity index (χ1) is 3.88. The Bertz CT molecular complexity index is 90.7. The molecule has 46 valence electrons. The SMILES string of the molecule is CC1C2CNCC1O2. The van der Waals surface area contributed by atoms with Crippen molar-refractivity contribution >= 4 is 0 Å². The van der Waals surface area contributed by atoms with E-state index in [2.05, 4.69) is 12.2 Å². The molecule has 3 aliphatic rings. The second-order valence-electron chi connectivity index (χ2n) is 2.73. The summed E-state index contributed by atoms with van der Waals surface area (Å²) >= 11 is 0. The largest absolute Gasteiger partial charge is 0.372 e. The highest BCUT2D eigenvalue weighted by molar-refractivity contribution is 4.92. The van der Waals surface area contributed by atoms with Crippen LogP contribution in [0.1, 0.15) is 6.92 Å². The molecule has 0 saturated carbocycles. The third-order valence-electron chi connectivity index (χ3n) is 2.21. The Morgan fingerprint density at radius 3 is 2.25 bits per heavy atom. The molecule has 0 aromatic rings. The highest BCUT2D eigenvalue weighted by atomic mass is 16.5. The molecule has 0 radical (unpaired) electrons. The number of morpholine rings is 1. The first-order valence-corrected chi connectivity index (χ1v) is 3.24. The highest BCUT2D eigenvalue weighted by Gasteiger charge is 2.41. The van der Waals surface area contributed by atoms with Crippen molar-refractivity contribution in [3.8, 4) is 0 Å². The van der Waals surface area contributed by atoms with Crippen LogP contribution >= 0.6 is 0 Å². The van der Waals surface area contributed by atoms with Crippen molar-refractivity contribution in [2.75, 3.05) is 13.1 Å². The molecule has 0 aromatic heterocycles. The number of piperidine rings is 1. The zero-order valence-corrected chi connectivity index (χ0v) is 5.05. The van der Waals surface area contributed by atoms with E-state index >= 15 is 0 Å². The van der Waals surface area contributed by atoms with Gasteiger partial charge in [0.25, 0.3) is 0 Å². The second kappa shape index (κ2) is 1.45. The topological polar surface area (TPSA) is 21.3 Å². The van der Waals surface area contributed by atoms with Crippen molar-refractivity contribution in [1.82, 2.24) is 5.32 Å². The van der Waals surface area contributed by atoms with Gasteiger partial charge in [-0.1, -0.05) is 6.92 Å². The molecule has 0 aliphatic carbocycles. The lowest BCUT2D eigenvalue weighted by Gasteiger charge is -2.47. The third kappa shape index (κ3) is 0.446. The summed E-state index contributed by atoms with van der Waals surface area (Å²) in [4.78, 5) is 0. The van der Waals surface area contributed by atoms with E-state index in [1.54, 1.807) is 0 Å². The van der Waals surface area contributed by atoms with Gasteiger partial charge in [0.15, 0.2) is 0 Å². The molecular weight excluding hydrogens is 102 g/mol. The molecule has 2 bridgehead atoms. The van der Waals surface area contributed by atoms with Gasteiger partial charge in [0.2, 0.25) is 0 Å². The van der Waals surface area contributed by atoms with Crippen LogP contribution in [0.25, 0.3) is 0 Å². The van der Waals surface area contributed by atoms with E-state index in [0.717, 1.165) is 19.0 Å². The van der Waals surface area contributed by atoms with E-state index in [0.29, 0.717) is 12.2 Å². The van der Waals surface area contributed by atoms with Gasteiger partial charge in [-0.2, -0.15) is 0 Å². The molecule has 3 aliphatic heterocycles. The van der Waals surface area contributed by atoms with Crippen LogP contribution in [0.2, 0.25) is 0 Å². The van der Waals surface area contributed by atoms with Crippen LogP contribution in [0.4, 0.5) is 0 Å². The summed E-state index contributed by atoms with van der Waals surface area (Å²) in [5.41, 5.74) is 0. The maximum absolute atomic E-state index is 5.42. The number of hydrogen-bond donors (Lipinski definition) is 1. The normalized spacial score (nSPS) is 52.9. The number of fused-ring (bicyclic) bond motifs is 2. The Hall–Kier alpha value is -0.0800. The van der Waals surface area contributed by atoms with Crippen LogP contribution in [0.5, 0.6) is 0 Å². The maximum atomic E-state index is 5.42. The summed E-state index contributed by atoms with van der Waals surface area (Å²) < 4.78 is 5.42. The minimum atomic E-state index is 0.536. The van der Waals surface area contributed by atoms with E-state index in [4.69, 9.17) is 4.74 Å². The molecule has 2 nitrogen and oxygen atoms in total. The fourth-order valence-electron chi connectivity index (χ4n) is 1.46. The lowest BCUT2D eigenvalue weighted by molar-refractivity contribution is -0.193. The summed E-state index contributed by atoms with van der Waals surface area (Å²) in [6.07, 6.45) is 1.07. The second-order valence-corrected chi connectivity index (χ2v) is 2.73. The predicted octanol–water partition coefficient (Wildman–Crippen LogP) is -0.00690. The van der Waals surface area contributed by atoms with E-state index < -0.39 is 0 Å². The van der Waals surface area contributed by atoms with Gasteiger partial charge >= 0.3 is 0 Å². The van der Waals surface area contributed by atoms with E-state index in [9.17, 15) is 0 Å². The lowest BCUT2D eigenvalue weighted by atomic mass is 9.88. The minimum Gasteiger partial charge on any atom is -0.372 e. The molecule has 3 rings (SSSR count). The Morgan fingerprint density at radius 1 is 1.38 bits per heavy atom. The smallest absolute Gasteiger partial charge is 0.0754 e. The average molecular weight is 113 g/mol. The number of rotatable bonds is 0. The summed E-state index contributed by atoms with van der Waals surface area (Å²) in [7, 11) is 0. The summed E-state index contributed by atoms with van der Waals surface area (Å²) in [6, 6.07) is 0. The third-order valence-corrected chi connectivity index (χ3v) is 2.21. The van der Waals surface area contributed by atoms with Crippen molar-refractivity contribution in [3.05, 3.63) is 0 Å². The molecule has 3 fully saturated rings. The summed E-state index contributed by atoms with van der Waals surface area (Å²) in [5, 5.41) is 3.29. The van der Waals surface area contributed by atoms with Gasteiger partial charge < -0.3 is 10.1 Å². The zero-order chi connectivity index (χ0) is 5.56. The lowest BCUT2D eigenvalue weighted by Crippen LogP contribution is -2.61. The molecule has 2 unspecified atom stereocenters. The van der Waals surface area contributed by atoms with Crippen molar-refractivity contribution in [3.63, 3.8) is 0 Å². The molecule has 2 atom stereocenters. The van der Waals surface area contributed by atoms with Crippen molar-refractivity contribution in [1.29, 1.82) is 0 Å². The summed E-state index contributed by atoms with van der Waals surface area (Å²) in [5.74, 6) is 0.816. The van der Waals surface area contributed by atoms with Crippen LogP contribution in [0.3, 0.4) is 0 Å². The van der Waals surface area contributed by atoms with Gasteiger partial charge in [0, 0.05) is 19.0 Å². The number of hydrogen-bond acceptors (Lipinski definition) is 2. The fraction of sp³-hybridized carbons (Fsp3) is 1.00. The van der Waals surface area contributed by atoms with Crippen LogP contribution in [-0.4, -0.2) is 25.3 Å². The quantitative estimate of drug-likeness (QED) is 0.477. The van der Waals surface area contributed by atoms with Crippen LogP contribution in [0, 0.1) is 5.92 Å². The van der Waals surface area contributed by atoms with Gasteiger partial charge in [0.05, 0.1) is 12.2 Å². The molecule has 0 amide bonds. The van der Waals surface area contributed by atoms with Gasteiger partial charge in [-0.25, -0.2) is 0 Å². The van der Waals surface area contributed by atoms with Crippen molar-refractivity contribution in [2.24, 2.45) is 5.92 Å². The predicted molar refractivity (Wildman–Crippen MR) is 30.7 cm³/mol. The monoisotopic (exact) mass is 113 g/mol. The van der Waals surface area contributed by atoms with Gasteiger partial charge in [-0.3, -0.25) is 0 Å². The molecule has 0 spiro atoms. The van der Waals surface area contributed by atoms with E-state index in [1.165, 1.54) is 0 Å². The first-order valence-electron chi connectivity index (χ1n) is 3.24. The van der Waals surface area contributed by atoms with Crippen molar-refractivity contribution in [2.45, 2.75) is 19.1 Å². The summed E-state index contributed by atoms with van der Waals surface area (Å²) in [6.45, 7) is 4.40. The molecule has 8 heavy (non-hydrogen) atoms. The highest BCUT2D eigenvalue weighted by Crippen LogP contribution is 2.29. The van der Waals surface area contributed by atoms with Crippen LogP contribution in [0.15, 0.2) is 0 Å². The van der Waals surface area contributed by atoms with E-state index in [1.807, 2.05) is 0 Å². The molecule has 3 saturated heterocycles. The Kier molecular flexibility index (Phi) is 0.866. The first kappa shape index (κ1) is 4.77. The van der Waals surface area contributed by atoms with E-state index in [-0.39, 0.29) is 0 Å². The molecule has 1 N–H and O–H groups in total. The molecule has 2 heteroatoms. The van der Waals surface area contributed by atoms with Crippen LogP contribution < -0.4 is 5.32 Å². The van der Waals surface area contributed by atoms with Gasteiger partial charge in [-0.05, 0) is 0 Å². The Morgan fingerprint density at radius 2 is 2.00 bits per heavy atom. The number of nitrogens with one attached hydrogen (secondary N) is 1. The average Bonchev–Trinajstić information content (AvgIpc) is 1.89. The maximum Gasteiger partial charge on any atom is 0.0754 e. The van der Waals surface area contributed by atoms with Gasteiger partial charge in [0.1, 0.15) is 0 Å².